The lowest BCUT2D eigenvalue weighted by Crippen LogP contribution is -2.05. The Morgan fingerprint density at radius 3 is 2.63 bits per heavy atom. The van der Waals surface area contributed by atoms with Gasteiger partial charge in [-0.3, -0.25) is 10.1 Å². The quantitative estimate of drug-likeness (QED) is 0.673. The average molecular weight is 259 g/mol. The van der Waals surface area contributed by atoms with Crippen molar-refractivity contribution in [1.82, 2.24) is 4.98 Å². The fraction of sp³-hybridized carbons (Fsp3) is 0.154. The third-order valence-corrected chi connectivity index (χ3v) is 2.58. The van der Waals surface area contributed by atoms with Gasteiger partial charge in [-0.25, -0.2) is 0 Å². The summed E-state index contributed by atoms with van der Waals surface area (Å²) in [6.07, 6.45) is -0.268. The largest absolute Gasteiger partial charge is 0.470 e. The summed E-state index contributed by atoms with van der Waals surface area (Å²) in [5.74, 6) is 0.201. The van der Waals surface area contributed by atoms with E-state index in [-0.39, 0.29) is 23.5 Å². The molecular weight excluding hydrogens is 246 g/mol. The molecule has 0 saturated carbocycles. The Morgan fingerprint density at radius 1 is 1.32 bits per heavy atom. The van der Waals surface area contributed by atoms with Gasteiger partial charge in [-0.2, -0.15) is 4.98 Å². The highest BCUT2D eigenvalue weighted by molar-refractivity contribution is 5.45. The maximum absolute atomic E-state index is 10.7. The smallest absolute Gasteiger partial charge is 0.278 e. The van der Waals surface area contributed by atoms with Crippen molar-refractivity contribution in [2.24, 2.45) is 0 Å². The maximum Gasteiger partial charge on any atom is 0.278 e. The summed E-state index contributed by atoms with van der Waals surface area (Å²) in [6.45, 7) is 1.84. The standard InChI is InChI=1S/C13H13N3O3/c1-9(10-5-3-2-4-6-10)19-13-8-11(16(17)18)7-12(14)15-13/h2-9H,1H3,(H2,14,15). The highest BCUT2D eigenvalue weighted by atomic mass is 16.6. The second-order valence-electron chi connectivity index (χ2n) is 4.02. The number of pyridine rings is 1. The molecule has 1 heterocycles. The number of hydrogen-bond donors (Lipinski definition) is 1. The summed E-state index contributed by atoms with van der Waals surface area (Å²) in [4.78, 5) is 14.1. The van der Waals surface area contributed by atoms with Crippen LogP contribution in [0.3, 0.4) is 0 Å². The van der Waals surface area contributed by atoms with Crippen LogP contribution >= 0.6 is 0 Å². The number of nitrogen functional groups attached to an aromatic ring is 1. The van der Waals surface area contributed by atoms with Crippen molar-refractivity contribution in [2.45, 2.75) is 13.0 Å². The maximum atomic E-state index is 10.7. The second kappa shape index (κ2) is 5.34. The van der Waals surface area contributed by atoms with E-state index < -0.39 is 4.92 Å². The molecule has 0 radical (unpaired) electrons. The van der Waals surface area contributed by atoms with Crippen molar-refractivity contribution in [3.05, 3.63) is 58.1 Å². The molecule has 0 fully saturated rings. The Hall–Kier alpha value is -2.63. The molecule has 1 aromatic heterocycles. The minimum atomic E-state index is -0.530. The number of nitrogens with zero attached hydrogens (tertiary/aromatic N) is 2. The van der Waals surface area contributed by atoms with Crippen LogP contribution in [0.1, 0.15) is 18.6 Å². The van der Waals surface area contributed by atoms with Crippen molar-refractivity contribution in [1.29, 1.82) is 0 Å². The number of nitrogens with two attached hydrogens (primary N) is 1. The number of nitro groups is 1. The minimum absolute atomic E-state index is 0.0597. The average Bonchev–Trinajstić information content (AvgIpc) is 2.39. The monoisotopic (exact) mass is 259 g/mol. The van der Waals surface area contributed by atoms with Gasteiger partial charge in [-0.1, -0.05) is 30.3 Å². The first-order valence-electron chi connectivity index (χ1n) is 5.70. The number of aromatic nitrogens is 1. The van der Waals surface area contributed by atoms with Crippen LogP contribution in [0.15, 0.2) is 42.5 Å². The fourth-order valence-corrected chi connectivity index (χ4v) is 1.65. The van der Waals surface area contributed by atoms with Crippen LogP contribution in [0.4, 0.5) is 11.5 Å². The van der Waals surface area contributed by atoms with E-state index in [9.17, 15) is 10.1 Å². The van der Waals surface area contributed by atoms with E-state index in [0.29, 0.717) is 0 Å². The first-order valence-corrected chi connectivity index (χ1v) is 5.70. The van der Waals surface area contributed by atoms with Gasteiger partial charge >= 0.3 is 0 Å². The van der Waals surface area contributed by atoms with E-state index in [1.807, 2.05) is 37.3 Å². The van der Waals surface area contributed by atoms with Crippen LogP contribution in [0.5, 0.6) is 5.88 Å². The molecule has 6 nitrogen and oxygen atoms in total. The molecule has 0 bridgehead atoms. The van der Waals surface area contributed by atoms with Gasteiger partial charge in [0.1, 0.15) is 11.9 Å². The molecule has 6 heteroatoms. The molecule has 0 amide bonds. The predicted octanol–water partition coefficient (Wildman–Crippen LogP) is 2.71. The number of anilines is 1. The summed E-state index contributed by atoms with van der Waals surface area (Å²) in [5.41, 5.74) is 6.33. The van der Waals surface area contributed by atoms with Gasteiger partial charge in [0.25, 0.3) is 5.69 Å². The van der Waals surface area contributed by atoms with Gasteiger partial charge in [0.15, 0.2) is 0 Å². The normalized spacial score (nSPS) is 11.8. The molecule has 2 rings (SSSR count). The summed E-state index contributed by atoms with van der Waals surface area (Å²) in [6, 6.07) is 12.0. The third-order valence-electron chi connectivity index (χ3n) is 2.58. The second-order valence-corrected chi connectivity index (χ2v) is 4.02. The van der Waals surface area contributed by atoms with E-state index in [2.05, 4.69) is 4.98 Å². The van der Waals surface area contributed by atoms with Crippen molar-refractivity contribution in [3.63, 3.8) is 0 Å². The van der Waals surface area contributed by atoms with Gasteiger partial charge < -0.3 is 10.5 Å². The molecular formula is C13H13N3O3. The van der Waals surface area contributed by atoms with Gasteiger partial charge in [0, 0.05) is 0 Å². The molecule has 0 aliphatic rings. The Bertz CT molecular complexity index is 587. The zero-order valence-electron chi connectivity index (χ0n) is 10.3. The highest BCUT2D eigenvalue weighted by Crippen LogP contribution is 2.25. The first kappa shape index (κ1) is 12.8. The topological polar surface area (TPSA) is 91.3 Å². The molecule has 1 atom stereocenters. The predicted molar refractivity (Wildman–Crippen MR) is 70.8 cm³/mol. The Kier molecular flexibility index (Phi) is 3.61. The number of benzene rings is 1. The molecule has 0 spiro atoms. The van der Waals surface area contributed by atoms with Crippen LogP contribution in [0.2, 0.25) is 0 Å². The highest BCUT2D eigenvalue weighted by Gasteiger charge is 2.13. The van der Waals surface area contributed by atoms with E-state index in [1.54, 1.807) is 0 Å². The van der Waals surface area contributed by atoms with E-state index >= 15 is 0 Å². The molecule has 2 aromatic rings. The zero-order chi connectivity index (χ0) is 13.8. The molecule has 98 valence electrons. The molecule has 0 aliphatic carbocycles. The summed E-state index contributed by atoms with van der Waals surface area (Å²) < 4.78 is 5.58. The van der Waals surface area contributed by atoms with Gasteiger partial charge in [0.2, 0.25) is 5.88 Å². The van der Waals surface area contributed by atoms with E-state index in [0.717, 1.165) is 5.56 Å². The van der Waals surface area contributed by atoms with Crippen molar-refractivity contribution >= 4 is 11.5 Å². The van der Waals surface area contributed by atoms with Crippen LogP contribution in [-0.2, 0) is 0 Å². The number of rotatable bonds is 4. The third kappa shape index (κ3) is 3.19. The Morgan fingerprint density at radius 2 is 2.00 bits per heavy atom. The van der Waals surface area contributed by atoms with Crippen LogP contribution in [0, 0.1) is 10.1 Å². The fourth-order valence-electron chi connectivity index (χ4n) is 1.65. The van der Waals surface area contributed by atoms with Crippen LogP contribution < -0.4 is 10.5 Å². The van der Waals surface area contributed by atoms with Crippen molar-refractivity contribution in [3.8, 4) is 5.88 Å². The molecule has 1 aromatic carbocycles. The van der Waals surface area contributed by atoms with Crippen LogP contribution in [0.25, 0.3) is 0 Å². The molecule has 19 heavy (non-hydrogen) atoms. The SMILES string of the molecule is CC(Oc1cc([N+](=O)[O-])cc(N)n1)c1ccccc1. The zero-order valence-corrected chi connectivity index (χ0v) is 10.3. The van der Waals surface area contributed by atoms with Gasteiger partial charge in [-0.15, -0.1) is 0 Å². The van der Waals surface area contributed by atoms with E-state index in [4.69, 9.17) is 10.5 Å². The lowest BCUT2D eigenvalue weighted by Gasteiger charge is -2.14. The minimum Gasteiger partial charge on any atom is -0.470 e. The summed E-state index contributed by atoms with van der Waals surface area (Å²) >= 11 is 0. The molecule has 1 unspecified atom stereocenters. The lowest BCUT2D eigenvalue weighted by molar-refractivity contribution is -0.384. The summed E-state index contributed by atoms with van der Waals surface area (Å²) in [5, 5.41) is 10.7. The van der Waals surface area contributed by atoms with Gasteiger partial charge in [0.05, 0.1) is 17.1 Å². The summed E-state index contributed by atoms with van der Waals surface area (Å²) in [7, 11) is 0. The Labute approximate surface area is 110 Å². The van der Waals surface area contributed by atoms with Crippen LogP contribution in [-0.4, -0.2) is 9.91 Å². The van der Waals surface area contributed by atoms with Crippen molar-refractivity contribution in [2.75, 3.05) is 5.73 Å². The molecule has 0 saturated heterocycles. The Balaban J connectivity index is 2.21. The molecule has 2 N–H and O–H groups in total. The van der Waals surface area contributed by atoms with E-state index in [1.165, 1.54) is 12.1 Å². The van der Waals surface area contributed by atoms with Gasteiger partial charge in [-0.05, 0) is 12.5 Å². The number of ether oxygens (including phenoxy) is 1. The molecule has 0 aliphatic heterocycles. The first-order chi connectivity index (χ1) is 9.06. The number of hydrogen-bond acceptors (Lipinski definition) is 5. The lowest BCUT2D eigenvalue weighted by atomic mass is 10.1. The van der Waals surface area contributed by atoms with Crippen molar-refractivity contribution < 1.29 is 9.66 Å².